The van der Waals surface area contributed by atoms with E-state index >= 15 is 0 Å². The third-order valence-electron chi connectivity index (χ3n) is 12.3. The van der Waals surface area contributed by atoms with Crippen molar-refractivity contribution in [3.05, 3.63) is 23.3 Å². The lowest BCUT2D eigenvalue weighted by atomic mass is 9.33. The summed E-state index contributed by atoms with van der Waals surface area (Å²) in [4.78, 5) is 2.87. The minimum Gasteiger partial charge on any atom is -0.504 e. The van der Waals surface area contributed by atoms with Crippen molar-refractivity contribution in [2.75, 3.05) is 20.2 Å². The van der Waals surface area contributed by atoms with Crippen molar-refractivity contribution in [1.29, 1.82) is 0 Å². The predicted octanol–water partition coefficient (Wildman–Crippen LogP) is 5.19. The molecule has 0 amide bonds. The number of nitrogens with zero attached hydrogens (tertiary/aromatic N) is 1. The van der Waals surface area contributed by atoms with Crippen molar-refractivity contribution in [2.45, 2.75) is 114 Å². The first-order chi connectivity index (χ1) is 17.0. The number of phenols is 1. The van der Waals surface area contributed by atoms with E-state index in [0.717, 1.165) is 38.0 Å². The molecule has 0 unspecified atom stereocenters. The van der Waals surface area contributed by atoms with Crippen LogP contribution in [0.1, 0.15) is 90.2 Å². The first-order valence-corrected chi connectivity index (χ1v) is 14.6. The van der Waals surface area contributed by atoms with E-state index in [9.17, 15) is 10.2 Å². The summed E-state index contributed by atoms with van der Waals surface area (Å²) in [6.07, 6.45) is 10.0. The smallest absolute Gasteiger partial charge is 0.165 e. The molecule has 5 fully saturated rings. The Morgan fingerprint density at radius 2 is 1.89 bits per heavy atom. The van der Waals surface area contributed by atoms with Gasteiger partial charge in [0.25, 0.3) is 0 Å². The van der Waals surface area contributed by atoms with Crippen LogP contribution in [-0.4, -0.2) is 58.7 Å². The SMILES string of the molecule is CO[C@]12CC[C@@]3(C[C@@H]1[C@](C)(O)C(C)(C)C)[C@H]1Cc4ccc(O)c5c4[C@@]3(CCCCN1CC1CC1)[C@H]2O5. The zero-order chi connectivity index (χ0) is 25.3. The minimum atomic E-state index is -0.918. The van der Waals surface area contributed by atoms with Crippen LogP contribution in [0.2, 0.25) is 0 Å². The van der Waals surface area contributed by atoms with Crippen LogP contribution >= 0.6 is 0 Å². The average Bonchev–Trinajstić information content (AvgIpc) is 3.57. The lowest BCUT2D eigenvalue weighted by Crippen LogP contribution is -2.81. The van der Waals surface area contributed by atoms with Crippen LogP contribution < -0.4 is 4.74 Å². The molecular weight excluding hydrogens is 450 g/mol. The number of aliphatic hydroxyl groups is 1. The lowest BCUT2D eigenvalue weighted by Gasteiger charge is -2.74. The van der Waals surface area contributed by atoms with Gasteiger partial charge in [0, 0.05) is 42.0 Å². The Labute approximate surface area is 216 Å². The van der Waals surface area contributed by atoms with E-state index in [4.69, 9.17) is 9.47 Å². The highest BCUT2D eigenvalue weighted by Gasteiger charge is 2.81. The highest BCUT2D eigenvalue weighted by atomic mass is 16.6. The monoisotopic (exact) mass is 495 g/mol. The van der Waals surface area contributed by atoms with Gasteiger partial charge >= 0.3 is 0 Å². The molecular formula is C31H45NO4. The Balaban J connectivity index is 1.50. The van der Waals surface area contributed by atoms with Gasteiger partial charge in [-0.1, -0.05) is 33.3 Å². The molecule has 2 heterocycles. The summed E-state index contributed by atoms with van der Waals surface area (Å²) in [7, 11) is 1.84. The number of rotatable bonds is 4. The molecule has 0 aromatic heterocycles. The molecule has 8 rings (SSSR count). The maximum atomic E-state index is 12.3. The quantitative estimate of drug-likeness (QED) is 0.602. The second-order valence-electron chi connectivity index (χ2n) is 14.5. The summed E-state index contributed by atoms with van der Waals surface area (Å²) in [5.41, 5.74) is 0.726. The second kappa shape index (κ2) is 7.21. The maximum absolute atomic E-state index is 12.3. The molecule has 5 nitrogen and oxygen atoms in total. The van der Waals surface area contributed by atoms with Crippen LogP contribution in [0.15, 0.2) is 12.1 Å². The predicted molar refractivity (Wildman–Crippen MR) is 139 cm³/mol. The molecule has 2 aliphatic heterocycles. The highest BCUT2D eigenvalue weighted by molar-refractivity contribution is 5.63. The first-order valence-electron chi connectivity index (χ1n) is 14.6. The Morgan fingerprint density at radius 1 is 1.11 bits per heavy atom. The maximum Gasteiger partial charge on any atom is 0.165 e. The van der Waals surface area contributed by atoms with Crippen molar-refractivity contribution in [2.24, 2.45) is 22.7 Å². The fourth-order valence-electron chi connectivity index (χ4n) is 9.98. The second-order valence-corrected chi connectivity index (χ2v) is 14.5. The molecule has 4 bridgehead atoms. The van der Waals surface area contributed by atoms with E-state index in [-0.39, 0.29) is 34.0 Å². The Kier molecular flexibility index (Phi) is 4.76. The fraction of sp³-hybridized carbons (Fsp3) is 0.806. The van der Waals surface area contributed by atoms with Crippen molar-refractivity contribution in [3.63, 3.8) is 0 Å². The number of ether oxygens (including phenoxy) is 2. The molecule has 0 radical (unpaired) electrons. The summed E-state index contributed by atoms with van der Waals surface area (Å²) in [5.74, 6) is 1.80. The zero-order valence-corrected chi connectivity index (χ0v) is 22.9. The first kappa shape index (κ1) is 23.8. The third kappa shape index (κ3) is 2.63. The van der Waals surface area contributed by atoms with Gasteiger partial charge < -0.3 is 19.7 Å². The van der Waals surface area contributed by atoms with E-state index < -0.39 is 11.2 Å². The van der Waals surface area contributed by atoms with E-state index in [0.29, 0.717) is 11.8 Å². The van der Waals surface area contributed by atoms with E-state index in [1.165, 1.54) is 49.9 Å². The standard InChI is InChI=1S/C31H45NO4/c1-27(2,3)28(4,34)22-17-29-13-14-31(22,35-5)26-30(29)12-6-7-15-32(18-19-8-9-19)23(29)16-20-10-11-21(33)25(36-26)24(20)30/h10-11,19,22-23,26,33-34H,6-9,12-18H2,1-5H3/t22-,23-,26-,28+,29-,30+,31-/m1/s1. The minimum absolute atomic E-state index is 0.0131. The lowest BCUT2D eigenvalue weighted by molar-refractivity contribution is -0.306. The van der Waals surface area contributed by atoms with E-state index in [1.807, 2.05) is 20.1 Å². The van der Waals surface area contributed by atoms with Crippen LogP contribution in [0, 0.1) is 22.7 Å². The molecule has 36 heavy (non-hydrogen) atoms. The molecule has 7 atom stereocenters. The summed E-state index contributed by atoms with van der Waals surface area (Å²) in [5, 5.41) is 23.4. The average molecular weight is 496 g/mol. The summed E-state index contributed by atoms with van der Waals surface area (Å²) < 4.78 is 13.6. The number of phenolic OH excluding ortho intramolecular Hbond substituents is 1. The topological polar surface area (TPSA) is 62.2 Å². The molecule has 5 aliphatic carbocycles. The number of hydrogen-bond donors (Lipinski definition) is 2. The van der Waals surface area contributed by atoms with Crippen LogP contribution in [0.25, 0.3) is 0 Å². The molecule has 7 aliphatic rings. The normalized spacial score (nSPS) is 42.8. The van der Waals surface area contributed by atoms with Gasteiger partial charge in [0.1, 0.15) is 11.7 Å². The Morgan fingerprint density at radius 3 is 2.58 bits per heavy atom. The van der Waals surface area contributed by atoms with Gasteiger partial charge in [0.2, 0.25) is 0 Å². The van der Waals surface area contributed by atoms with E-state index in [1.54, 1.807) is 0 Å². The Hall–Kier alpha value is -1.30. The number of hydrogen-bond acceptors (Lipinski definition) is 5. The van der Waals surface area contributed by atoms with Crippen LogP contribution in [-0.2, 0) is 16.6 Å². The molecule has 5 heteroatoms. The van der Waals surface area contributed by atoms with Crippen molar-refractivity contribution < 1.29 is 19.7 Å². The summed E-state index contributed by atoms with van der Waals surface area (Å²) in [6.45, 7) is 10.9. The van der Waals surface area contributed by atoms with Gasteiger partial charge in [0.15, 0.2) is 11.5 Å². The molecule has 1 aromatic rings. The van der Waals surface area contributed by atoms with Gasteiger partial charge in [-0.3, -0.25) is 4.90 Å². The molecule has 1 aromatic carbocycles. The third-order valence-corrected chi connectivity index (χ3v) is 12.3. The zero-order valence-electron chi connectivity index (χ0n) is 22.9. The number of benzene rings is 1. The number of methoxy groups -OCH3 is 1. The molecule has 198 valence electrons. The number of aromatic hydroxyl groups is 1. The highest BCUT2D eigenvalue weighted by Crippen LogP contribution is 2.77. The molecule has 4 saturated carbocycles. The molecule has 1 saturated heterocycles. The molecule has 2 N–H and O–H groups in total. The Bertz CT molecular complexity index is 1090. The van der Waals surface area contributed by atoms with Crippen LogP contribution in [0.3, 0.4) is 0 Å². The van der Waals surface area contributed by atoms with Crippen molar-refractivity contribution in [1.82, 2.24) is 4.90 Å². The van der Waals surface area contributed by atoms with Crippen molar-refractivity contribution >= 4 is 0 Å². The van der Waals surface area contributed by atoms with Gasteiger partial charge in [-0.05, 0) is 87.8 Å². The van der Waals surface area contributed by atoms with Gasteiger partial charge in [-0.25, -0.2) is 0 Å². The summed E-state index contributed by atoms with van der Waals surface area (Å²) >= 11 is 0. The van der Waals surface area contributed by atoms with Crippen molar-refractivity contribution in [3.8, 4) is 11.5 Å². The summed E-state index contributed by atoms with van der Waals surface area (Å²) in [6, 6.07) is 4.49. The van der Waals surface area contributed by atoms with Gasteiger partial charge in [-0.15, -0.1) is 0 Å². The van der Waals surface area contributed by atoms with Gasteiger partial charge in [-0.2, -0.15) is 0 Å². The van der Waals surface area contributed by atoms with Crippen LogP contribution in [0.5, 0.6) is 11.5 Å². The number of fused-ring (bicyclic) bond motifs is 2. The van der Waals surface area contributed by atoms with E-state index in [2.05, 4.69) is 31.7 Å². The van der Waals surface area contributed by atoms with Gasteiger partial charge in [0.05, 0.1) is 5.60 Å². The van der Waals surface area contributed by atoms with Crippen LogP contribution in [0.4, 0.5) is 0 Å². The number of likely N-dealkylation sites (tertiary alicyclic amines) is 1. The molecule has 2 spiro atoms. The largest absolute Gasteiger partial charge is 0.504 e. The fourth-order valence-corrected chi connectivity index (χ4v) is 9.98.